The number of nitrogens with one attached hydrogen (secondary N) is 2. The van der Waals surface area contributed by atoms with Crippen molar-refractivity contribution in [3.8, 4) is 17.1 Å². The van der Waals surface area contributed by atoms with E-state index in [1.165, 1.54) is 10.7 Å². The summed E-state index contributed by atoms with van der Waals surface area (Å²) < 4.78 is 10.1. The third kappa shape index (κ3) is 3.65. The van der Waals surface area contributed by atoms with Crippen molar-refractivity contribution >= 4 is 18.0 Å². The van der Waals surface area contributed by atoms with Gasteiger partial charge in [0.15, 0.2) is 12.5 Å². The van der Waals surface area contributed by atoms with Crippen LogP contribution in [0.15, 0.2) is 48.7 Å². The van der Waals surface area contributed by atoms with E-state index in [2.05, 4.69) is 22.0 Å². The Balaban J connectivity index is 1.49. The Hall–Kier alpha value is -2.71. The molecule has 2 aromatic heterocycles. The lowest BCUT2D eigenvalue weighted by molar-refractivity contribution is -0.924. The molecule has 1 fully saturated rings. The molecule has 7 nitrogen and oxygen atoms in total. The van der Waals surface area contributed by atoms with Crippen LogP contribution in [0.2, 0.25) is 0 Å². The zero-order valence-corrected chi connectivity index (χ0v) is 17.1. The first kappa shape index (κ1) is 18.6. The Morgan fingerprint density at radius 1 is 1.14 bits per heavy atom. The third-order valence-corrected chi connectivity index (χ3v) is 5.75. The van der Waals surface area contributed by atoms with Crippen molar-refractivity contribution in [2.24, 2.45) is 7.05 Å². The molecule has 2 N–H and O–H groups in total. The maximum Gasteiger partial charge on any atom is 0.274 e. The van der Waals surface area contributed by atoms with Gasteiger partial charge in [-0.15, -0.1) is 5.10 Å². The second-order valence-corrected chi connectivity index (χ2v) is 7.37. The molecule has 28 heavy (non-hydrogen) atoms. The number of rotatable bonds is 5. The molecule has 0 saturated carbocycles. The normalized spacial score (nSPS) is 15.0. The quantitative estimate of drug-likeness (QED) is 0.646. The molecule has 1 aromatic carbocycles. The van der Waals surface area contributed by atoms with Crippen LogP contribution in [-0.2, 0) is 13.7 Å². The standard InChI is InChI=1S/C20H24N6OS/c1-23-19(16-7-3-4-8-17(16)27-2)22-26(20(23)28)15-24-11-13-25(14-12-24)18-9-5-6-10-21-18/h3-10H,11-15H2,1-2H3/p+2. The van der Waals surface area contributed by atoms with Gasteiger partial charge in [0, 0.05) is 13.1 Å². The Labute approximate surface area is 169 Å². The number of para-hydroxylation sites is 1. The third-order valence-electron chi connectivity index (χ3n) is 5.27. The lowest BCUT2D eigenvalue weighted by Crippen LogP contribution is -3.14. The molecule has 0 radical (unpaired) electrons. The maximum atomic E-state index is 5.66. The van der Waals surface area contributed by atoms with Crippen LogP contribution in [0.5, 0.6) is 5.75 Å². The van der Waals surface area contributed by atoms with Crippen molar-refractivity contribution in [2.45, 2.75) is 6.67 Å². The van der Waals surface area contributed by atoms with Gasteiger partial charge in [-0.25, -0.2) is 4.98 Å². The van der Waals surface area contributed by atoms with E-state index in [0.29, 0.717) is 0 Å². The average Bonchev–Trinajstić information content (AvgIpc) is 3.03. The highest BCUT2D eigenvalue weighted by molar-refractivity contribution is 7.71. The molecule has 8 heteroatoms. The van der Waals surface area contributed by atoms with E-state index < -0.39 is 0 Å². The number of ether oxygens (including phenoxy) is 1. The molecular formula is C20H26N6OS+2. The monoisotopic (exact) mass is 398 g/mol. The summed E-state index contributed by atoms with van der Waals surface area (Å²) in [6, 6.07) is 14.1. The van der Waals surface area contributed by atoms with Gasteiger partial charge in [0.2, 0.25) is 4.77 Å². The molecule has 3 heterocycles. The Morgan fingerprint density at radius 2 is 1.89 bits per heavy atom. The summed E-state index contributed by atoms with van der Waals surface area (Å²) in [5.41, 5.74) is 0.955. The van der Waals surface area contributed by atoms with E-state index >= 15 is 0 Å². The van der Waals surface area contributed by atoms with Crippen molar-refractivity contribution in [2.75, 3.05) is 38.2 Å². The summed E-state index contributed by atoms with van der Waals surface area (Å²) in [6.07, 6.45) is 1.97. The Kier molecular flexibility index (Phi) is 5.40. The number of pyridine rings is 1. The van der Waals surface area contributed by atoms with E-state index in [1.54, 1.807) is 7.11 Å². The van der Waals surface area contributed by atoms with E-state index in [1.807, 2.05) is 52.8 Å². The van der Waals surface area contributed by atoms with Crippen molar-refractivity contribution in [3.05, 3.63) is 53.4 Å². The first-order valence-corrected chi connectivity index (χ1v) is 9.90. The summed E-state index contributed by atoms with van der Waals surface area (Å²) >= 11 is 5.66. The fourth-order valence-electron chi connectivity index (χ4n) is 3.67. The maximum absolute atomic E-state index is 5.66. The largest absolute Gasteiger partial charge is 0.496 e. The summed E-state index contributed by atoms with van der Waals surface area (Å²) in [5, 5.41) is 4.81. The smallest absolute Gasteiger partial charge is 0.274 e. The minimum atomic E-state index is 0.729. The number of H-pyrrole nitrogens is 1. The lowest BCUT2D eigenvalue weighted by Gasteiger charge is -2.27. The molecule has 0 spiro atoms. The molecule has 1 saturated heterocycles. The topological polar surface area (TPSA) is 53.8 Å². The van der Waals surface area contributed by atoms with Gasteiger partial charge in [-0.3, -0.25) is 4.90 Å². The minimum absolute atomic E-state index is 0.729. The second kappa shape index (κ2) is 8.12. The zero-order chi connectivity index (χ0) is 19.5. The van der Waals surface area contributed by atoms with Crippen LogP contribution in [0, 0.1) is 4.77 Å². The van der Waals surface area contributed by atoms with Gasteiger partial charge in [-0.1, -0.05) is 18.2 Å². The number of piperazine rings is 1. The second-order valence-electron chi connectivity index (χ2n) is 7.01. The molecule has 3 aromatic rings. The van der Waals surface area contributed by atoms with Gasteiger partial charge in [0.25, 0.3) is 5.82 Å². The van der Waals surface area contributed by atoms with Crippen LogP contribution in [-0.4, -0.2) is 47.6 Å². The molecule has 0 unspecified atom stereocenters. The molecule has 0 bridgehead atoms. The molecule has 0 aliphatic carbocycles. The van der Waals surface area contributed by atoms with E-state index in [-0.39, 0.29) is 0 Å². The van der Waals surface area contributed by atoms with E-state index in [4.69, 9.17) is 22.1 Å². The van der Waals surface area contributed by atoms with Crippen molar-refractivity contribution in [1.29, 1.82) is 0 Å². The highest BCUT2D eigenvalue weighted by Crippen LogP contribution is 2.27. The van der Waals surface area contributed by atoms with Crippen LogP contribution in [0.1, 0.15) is 0 Å². The first-order valence-electron chi connectivity index (χ1n) is 9.50. The highest BCUT2D eigenvalue weighted by Gasteiger charge is 2.26. The van der Waals surface area contributed by atoms with Crippen LogP contribution >= 0.6 is 12.2 Å². The van der Waals surface area contributed by atoms with Crippen LogP contribution in [0.25, 0.3) is 11.4 Å². The van der Waals surface area contributed by atoms with E-state index in [9.17, 15) is 0 Å². The summed E-state index contributed by atoms with van der Waals surface area (Å²) in [6.45, 7) is 4.88. The highest BCUT2D eigenvalue weighted by atomic mass is 32.1. The number of quaternary nitrogens is 1. The van der Waals surface area contributed by atoms with Gasteiger partial charge in [-0.2, -0.15) is 4.68 Å². The van der Waals surface area contributed by atoms with Gasteiger partial charge in [0.1, 0.15) is 31.9 Å². The molecule has 1 aliphatic heterocycles. The zero-order valence-electron chi connectivity index (χ0n) is 16.3. The number of anilines is 1. The van der Waals surface area contributed by atoms with Gasteiger partial charge in [-0.05, 0) is 30.4 Å². The Morgan fingerprint density at radius 3 is 2.61 bits per heavy atom. The van der Waals surface area contributed by atoms with Crippen LogP contribution < -0.4 is 19.5 Å². The van der Waals surface area contributed by atoms with Crippen LogP contribution in [0.3, 0.4) is 0 Å². The number of hydrogen-bond acceptors (Lipinski definition) is 4. The number of aromatic nitrogens is 4. The van der Waals surface area contributed by atoms with Crippen molar-refractivity contribution < 1.29 is 14.6 Å². The van der Waals surface area contributed by atoms with Crippen molar-refractivity contribution in [3.63, 3.8) is 0 Å². The number of aromatic amines is 1. The van der Waals surface area contributed by atoms with Gasteiger partial charge >= 0.3 is 0 Å². The summed E-state index contributed by atoms with van der Waals surface area (Å²) in [7, 11) is 3.64. The van der Waals surface area contributed by atoms with E-state index in [0.717, 1.165) is 54.8 Å². The molecule has 1 aliphatic rings. The molecule has 0 amide bonds. The first-order chi connectivity index (χ1) is 13.7. The molecule has 4 rings (SSSR count). The summed E-state index contributed by atoms with van der Waals surface area (Å²) in [5.74, 6) is 2.81. The van der Waals surface area contributed by atoms with Gasteiger partial charge < -0.3 is 14.2 Å². The number of hydrogen-bond donors (Lipinski definition) is 1. The van der Waals surface area contributed by atoms with Gasteiger partial charge in [0.05, 0.1) is 18.9 Å². The minimum Gasteiger partial charge on any atom is -0.496 e. The molecule has 146 valence electrons. The predicted molar refractivity (Wildman–Crippen MR) is 110 cm³/mol. The number of nitrogens with zero attached hydrogens (tertiary/aromatic N) is 4. The fraction of sp³-hybridized carbons (Fsp3) is 0.350. The predicted octanol–water partition coefficient (Wildman–Crippen LogP) is 0.803. The fourth-order valence-corrected chi connectivity index (χ4v) is 3.86. The average molecular weight is 399 g/mol. The molecule has 0 atom stereocenters. The Bertz CT molecular complexity index is 991. The summed E-state index contributed by atoms with van der Waals surface area (Å²) in [4.78, 5) is 7.19. The molecular weight excluding hydrogens is 372 g/mol. The van der Waals surface area contributed by atoms with Crippen LogP contribution in [0.4, 0.5) is 5.82 Å². The number of methoxy groups -OCH3 is 1. The lowest BCUT2D eigenvalue weighted by atomic mass is 10.2. The van der Waals surface area contributed by atoms with Crippen molar-refractivity contribution in [1.82, 2.24) is 14.3 Å². The SMILES string of the molecule is COc1ccccc1-c1nn(C[NH+]2CCN(c3cccc[nH+]3)CC2)c(=S)n1C. The number of benzene rings is 1.